The molecule has 3 unspecified atom stereocenters. The molecule has 0 aromatic carbocycles. The number of aryl methyl sites for hydroxylation is 1. The van der Waals surface area contributed by atoms with E-state index in [0.29, 0.717) is 5.25 Å². The Morgan fingerprint density at radius 2 is 2.19 bits per heavy atom. The lowest BCUT2D eigenvalue weighted by Gasteiger charge is -2.25. The van der Waals surface area contributed by atoms with Crippen molar-refractivity contribution in [3.05, 3.63) is 53.7 Å². The average Bonchev–Trinajstić information content (AvgIpc) is 3.13. The van der Waals surface area contributed by atoms with E-state index in [-0.39, 0.29) is 12.1 Å². The van der Waals surface area contributed by atoms with E-state index in [4.69, 9.17) is 9.41 Å². The number of fused-ring (bicyclic) bond motifs is 1. The van der Waals surface area contributed by atoms with E-state index in [9.17, 15) is 0 Å². The highest BCUT2D eigenvalue weighted by molar-refractivity contribution is 8.14. The summed E-state index contributed by atoms with van der Waals surface area (Å²) >= 11 is 1.85. The Labute approximate surface area is 128 Å². The van der Waals surface area contributed by atoms with Gasteiger partial charge in [-0.3, -0.25) is 4.98 Å². The largest absolute Gasteiger partial charge is 0.464 e. The molecular formula is C16H17N3OS. The van der Waals surface area contributed by atoms with Crippen molar-refractivity contribution in [2.24, 2.45) is 4.99 Å². The monoisotopic (exact) mass is 299 g/mol. The molecule has 0 saturated carbocycles. The molecular weight excluding hydrogens is 282 g/mol. The van der Waals surface area contributed by atoms with Gasteiger partial charge in [0, 0.05) is 18.0 Å². The topological polar surface area (TPSA) is 41.6 Å². The van der Waals surface area contributed by atoms with Crippen molar-refractivity contribution in [3.8, 4) is 0 Å². The third-order valence-corrected chi connectivity index (χ3v) is 5.04. The molecule has 1 saturated heterocycles. The first kappa shape index (κ1) is 13.0. The van der Waals surface area contributed by atoms with E-state index in [1.807, 2.05) is 49.1 Å². The second-order valence-corrected chi connectivity index (χ2v) is 6.99. The molecule has 2 aliphatic heterocycles. The number of furan rings is 1. The molecule has 0 spiro atoms. The van der Waals surface area contributed by atoms with Gasteiger partial charge in [0.05, 0.1) is 5.69 Å². The van der Waals surface area contributed by atoms with Crippen LogP contribution in [-0.4, -0.2) is 26.8 Å². The third-order valence-electron chi connectivity index (χ3n) is 3.93. The van der Waals surface area contributed by atoms with E-state index in [1.165, 1.54) is 0 Å². The van der Waals surface area contributed by atoms with Crippen LogP contribution in [0.2, 0.25) is 0 Å². The van der Waals surface area contributed by atoms with Crippen LogP contribution >= 0.6 is 11.8 Å². The summed E-state index contributed by atoms with van der Waals surface area (Å²) in [6, 6.07) is 10.3. The van der Waals surface area contributed by atoms with E-state index >= 15 is 0 Å². The molecule has 5 heteroatoms. The number of rotatable bonds is 2. The zero-order valence-corrected chi connectivity index (χ0v) is 12.9. The molecule has 3 atom stereocenters. The van der Waals surface area contributed by atoms with E-state index < -0.39 is 0 Å². The first-order valence-electron chi connectivity index (χ1n) is 7.21. The first-order chi connectivity index (χ1) is 10.2. The fourth-order valence-electron chi connectivity index (χ4n) is 3.04. The standard InChI is InChI=1S/C16H17N3OS/c1-10-6-7-13(20-10)15-14(12-5-3-4-8-17-12)18-16-19(15)9-11(2)21-16/h3-8,11,14-15H,9H2,1-2H3. The second kappa shape index (κ2) is 4.91. The van der Waals surface area contributed by atoms with Crippen LogP contribution in [-0.2, 0) is 0 Å². The van der Waals surface area contributed by atoms with Crippen molar-refractivity contribution in [3.63, 3.8) is 0 Å². The highest BCUT2D eigenvalue weighted by atomic mass is 32.2. The van der Waals surface area contributed by atoms with E-state index in [2.05, 4.69) is 22.9 Å². The summed E-state index contributed by atoms with van der Waals surface area (Å²) in [5.41, 5.74) is 1.01. The second-order valence-electron chi connectivity index (χ2n) is 5.59. The van der Waals surface area contributed by atoms with Crippen LogP contribution in [0.1, 0.15) is 36.2 Å². The lowest BCUT2D eigenvalue weighted by Crippen LogP contribution is -2.28. The lowest BCUT2D eigenvalue weighted by atomic mass is 10.0. The number of hydrogen-bond acceptors (Lipinski definition) is 5. The number of aromatic nitrogens is 1. The Morgan fingerprint density at radius 1 is 1.29 bits per heavy atom. The van der Waals surface area contributed by atoms with Crippen molar-refractivity contribution in [2.45, 2.75) is 31.2 Å². The molecule has 2 aliphatic rings. The summed E-state index contributed by atoms with van der Waals surface area (Å²) in [5, 5.41) is 1.70. The minimum atomic E-state index is 0.0201. The van der Waals surface area contributed by atoms with Crippen molar-refractivity contribution < 1.29 is 4.42 Å². The van der Waals surface area contributed by atoms with Crippen LogP contribution in [0.25, 0.3) is 0 Å². The lowest BCUT2D eigenvalue weighted by molar-refractivity contribution is 0.272. The summed E-state index contributed by atoms with van der Waals surface area (Å²) in [6.45, 7) is 5.24. The summed E-state index contributed by atoms with van der Waals surface area (Å²) in [5.74, 6) is 1.93. The Morgan fingerprint density at radius 3 is 2.90 bits per heavy atom. The van der Waals surface area contributed by atoms with Gasteiger partial charge in [-0.05, 0) is 31.2 Å². The van der Waals surface area contributed by atoms with Crippen molar-refractivity contribution >= 4 is 16.9 Å². The highest BCUT2D eigenvalue weighted by Gasteiger charge is 2.44. The Balaban J connectivity index is 1.77. The summed E-state index contributed by atoms with van der Waals surface area (Å²) < 4.78 is 5.91. The van der Waals surface area contributed by atoms with Gasteiger partial charge >= 0.3 is 0 Å². The molecule has 21 heavy (non-hydrogen) atoms. The molecule has 0 N–H and O–H groups in total. The smallest absolute Gasteiger partial charge is 0.161 e. The van der Waals surface area contributed by atoms with Crippen molar-refractivity contribution in [2.75, 3.05) is 6.54 Å². The summed E-state index contributed by atoms with van der Waals surface area (Å²) in [4.78, 5) is 11.8. The van der Waals surface area contributed by atoms with Crippen LogP contribution in [0, 0.1) is 6.92 Å². The van der Waals surface area contributed by atoms with E-state index in [1.54, 1.807) is 0 Å². The van der Waals surface area contributed by atoms with Gasteiger partial charge in [0.1, 0.15) is 23.6 Å². The quantitative estimate of drug-likeness (QED) is 0.850. The molecule has 2 aromatic heterocycles. The van der Waals surface area contributed by atoms with Crippen molar-refractivity contribution in [1.82, 2.24) is 9.88 Å². The van der Waals surface area contributed by atoms with Gasteiger partial charge in [0.15, 0.2) is 5.17 Å². The first-order valence-corrected chi connectivity index (χ1v) is 8.09. The Bertz CT molecular complexity index is 682. The fraction of sp³-hybridized carbons (Fsp3) is 0.375. The predicted molar refractivity (Wildman–Crippen MR) is 84.4 cm³/mol. The molecule has 0 amide bonds. The number of nitrogens with zero attached hydrogens (tertiary/aromatic N) is 3. The predicted octanol–water partition coefficient (Wildman–Crippen LogP) is 3.57. The zero-order chi connectivity index (χ0) is 14.4. The fourth-order valence-corrected chi connectivity index (χ4v) is 4.13. The SMILES string of the molecule is Cc1ccc(C2C(c3ccccn3)N=C3SC(C)CN32)o1. The highest BCUT2D eigenvalue weighted by Crippen LogP contribution is 2.47. The minimum absolute atomic E-state index is 0.0201. The van der Waals surface area contributed by atoms with Crippen LogP contribution in [0.5, 0.6) is 0 Å². The van der Waals surface area contributed by atoms with Crippen molar-refractivity contribution in [1.29, 1.82) is 0 Å². The van der Waals surface area contributed by atoms with Crippen LogP contribution < -0.4 is 0 Å². The summed E-state index contributed by atoms with van der Waals surface area (Å²) in [7, 11) is 0. The maximum atomic E-state index is 5.91. The third kappa shape index (κ3) is 2.16. The number of pyridine rings is 1. The molecule has 108 valence electrons. The Hall–Kier alpha value is -1.75. The van der Waals surface area contributed by atoms with Crippen LogP contribution in [0.4, 0.5) is 0 Å². The van der Waals surface area contributed by atoms with Crippen LogP contribution in [0.3, 0.4) is 0 Å². The molecule has 2 aromatic rings. The molecule has 0 aliphatic carbocycles. The molecule has 1 fully saturated rings. The van der Waals surface area contributed by atoms with Gasteiger partial charge in [0.2, 0.25) is 0 Å². The Kier molecular flexibility index (Phi) is 3.03. The van der Waals surface area contributed by atoms with Gasteiger partial charge in [-0.25, -0.2) is 4.99 Å². The average molecular weight is 299 g/mol. The number of aliphatic imine (C=N–C) groups is 1. The maximum Gasteiger partial charge on any atom is 0.161 e. The number of amidine groups is 1. The van der Waals surface area contributed by atoms with Crippen LogP contribution in [0.15, 0.2) is 45.9 Å². The summed E-state index contributed by atoms with van der Waals surface area (Å²) in [6.07, 6.45) is 1.83. The zero-order valence-electron chi connectivity index (χ0n) is 12.1. The van der Waals surface area contributed by atoms with Gasteiger partial charge in [-0.2, -0.15) is 0 Å². The normalized spacial score (nSPS) is 27.8. The maximum absolute atomic E-state index is 5.91. The molecule has 4 nitrogen and oxygen atoms in total. The number of hydrogen-bond donors (Lipinski definition) is 0. The van der Waals surface area contributed by atoms with Gasteiger partial charge < -0.3 is 9.32 Å². The van der Waals surface area contributed by atoms with Gasteiger partial charge in [-0.15, -0.1) is 0 Å². The van der Waals surface area contributed by atoms with Gasteiger partial charge in [-0.1, -0.05) is 24.8 Å². The molecule has 0 radical (unpaired) electrons. The number of thioether (sulfide) groups is 1. The van der Waals surface area contributed by atoms with Gasteiger partial charge in [0.25, 0.3) is 0 Å². The molecule has 4 rings (SSSR count). The molecule has 4 heterocycles. The minimum Gasteiger partial charge on any atom is -0.464 e. The molecule has 0 bridgehead atoms. The van der Waals surface area contributed by atoms with E-state index in [0.717, 1.165) is 28.9 Å².